The molecule has 0 N–H and O–H groups in total. The van der Waals surface area contributed by atoms with Gasteiger partial charge in [0.1, 0.15) is 0 Å². The maximum Gasteiger partial charge on any atom is 0.275 e. The number of halogens is 1. The number of nitrogens with zero attached hydrogens (tertiary/aromatic N) is 2. The molecule has 98 valence electrons. The SMILES string of the molecule is CN(C(=O)c1ncccc1F)C1CCS(=O)(=O)C1. The van der Waals surface area contributed by atoms with Gasteiger partial charge in [-0.25, -0.2) is 17.8 Å². The Balaban J connectivity index is 2.18. The number of carbonyl (C=O) groups excluding carboxylic acids is 1. The first-order valence-electron chi connectivity index (χ1n) is 5.49. The van der Waals surface area contributed by atoms with E-state index < -0.39 is 27.6 Å². The molecule has 0 radical (unpaired) electrons. The third-order valence-corrected chi connectivity index (χ3v) is 4.79. The Bertz CT molecular complexity index is 573. The van der Waals surface area contributed by atoms with Crippen molar-refractivity contribution in [1.29, 1.82) is 0 Å². The summed E-state index contributed by atoms with van der Waals surface area (Å²) in [5.41, 5.74) is -0.274. The number of hydrogen-bond acceptors (Lipinski definition) is 4. The maximum atomic E-state index is 13.4. The molecule has 1 aromatic rings. The Hall–Kier alpha value is -1.50. The lowest BCUT2D eigenvalue weighted by molar-refractivity contribution is 0.0736. The molecule has 0 saturated carbocycles. The van der Waals surface area contributed by atoms with Crippen LogP contribution in [0.3, 0.4) is 0 Å². The second kappa shape index (κ2) is 4.64. The Morgan fingerprint density at radius 1 is 1.56 bits per heavy atom. The van der Waals surface area contributed by atoms with E-state index in [9.17, 15) is 17.6 Å². The van der Waals surface area contributed by atoms with Crippen LogP contribution in [0.4, 0.5) is 4.39 Å². The van der Waals surface area contributed by atoms with Crippen LogP contribution < -0.4 is 0 Å². The van der Waals surface area contributed by atoms with Crippen LogP contribution in [0.25, 0.3) is 0 Å². The van der Waals surface area contributed by atoms with Gasteiger partial charge in [0, 0.05) is 19.3 Å². The van der Waals surface area contributed by atoms with Crippen LogP contribution in [0.2, 0.25) is 0 Å². The van der Waals surface area contributed by atoms with E-state index in [0.29, 0.717) is 6.42 Å². The van der Waals surface area contributed by atoms with Gasteiger partial charge in [-0.05, 0) is 18.6 Å². The molecule has 1 fully saturated rings. The zero-order valence-corrected chi connectivity index (χ0v) is 10.7. The summed E-state index contributed by atoms with van der Waals surface area (Å²) >= 11 is 0. The van der Waals surface area contributed by atoms with Crippen molar-refractivity contribution in [2.45, 2.75) is 12.5 Å². The number of aromatic nitrogens is 1. The summed E-state index contributed by atoms with van der Waals surface area (Å²) < 4.78 is 36.1. The van der Waals surface area contributed by atoms with Crippen molar-refractivity contribution in [3.05, 3.63) is 29.8 Å². The van der Waals surface area contributed by atoms with Crippen LogP contribution >= 0.6 is 0 Å². The minimum atomic E-state index is -3.07. The summed E-state index contributed by atoms with van der Waals surface area (Å²) in [4.78, 5) is 16.9. The molecule has 2 rings (SSSR count). The van der Waals surface area contributed by atoms with Gasteiger partial charge in [0.25, 0.3) is 5.91 Å². The molecule has 0 aromatic carbocycles. The molecule has 1 aromatic heterocycles. The van der Waals surface area contributed by atoms with E-state index >= 15 is 0 Å². The summed E-state index contributed by atoms with van der Waals surface area (Å²) in [7, 11) is -1.60. The van der Waals surface area contributed by atoms with Crippen LogP contribution in [-0.4, -0.2) is 48.8 Å². The lowest BCUT2D eigenvalue weighted by Gasteiger charge is -2.22. The van der Waals surface area contributed by atoms with Crippen LogP contribution in [0.5, 0.6) is 0 Å². The van der Waals surface area contributed by atoms with Crippen molar-refractivity contribution in [1.82, 2.24) is 9.88 Å². The average molecular weight is 272 g/mol. The van der Waals surface area contributed by atoms with Gasteiger partial charge in [0.05, 0.1) is 11.5 Å². The van der Waals surface area contributed by atoms with Gasteiger partial charge in [-0.15, -0.1) is 0 Å². The zero-order chi connectivity index (χ0) is 13.3. The van der Waals surface area contributed by atoms with Crippen molar-refractivity contribution < 1.29 is 17.6 Å². The number of pyridine rings is 1. The van der Waals surface area contributed by atoms with E-state index in [2.05, 4.69) is 4.98 Å². The first kappa shape index (κ1) is 12.9. The van der Waals surface area contributed by atoms with Crippen LogP contribution in [-0.2, 0) is 9.84 Å². The Morgan fingerprint density at radius 3 is 2.83 bits per heavy atom. The number of amides is 1. The Kier molecular flexibility index (Phi) is 3.34. The van der Waals surface area contributed by atoms with Crippen molar-refractivity contribution in [3.8, 4) is 0 Å². The molecule has 1 saturated heterocycles. The second-order valence-corrected chi connectivity index (χ2v) is 6.54. The second-order valence-electron chi connectivity index (χ2n) is 4.31. The van der Waals surface area contributed by atoms with E-state index in [1.165, 1.54) is 24.2 Å². The van der Waals surface area contributed by atoms with E-state index in [1.807, 2.05) is 0 Å². The van der Waals surface area contributed by atoms with Gasteiger partial charge in [0.15, 0.2) is 21.3 Å². The standard InChI is InChI=1S/C11H13FN2O3S/c1-14(8-4-6-18(16,17)7-8)11(15)10-9(12)3-2-5-13-10/h2-3,5,8H,4,6-7H2,1H3. The van der Waals surface area contributed by atoms with Crippen LogP contribution in [0, 0.1) is 5.82 Å². The Labute approximate surface area is 105 Å². The maximum absolute atomic E-state index is 13.4. The highest BCUT2D eigenvalue weighted by Gasteiger charge is 2.33. The predicted octanol–water partition coefficient (Wildman–Crippen LogP) is 0.480. The van der Waals surface area contributed by atoms with Gasteiger partial charge < -0.3 is 4.90 Å². The van der Waals surface area contributed by atoms with Crippen LogP contribution in [0.15, 0.2) is 18.3 Å². The minimum Gasteiger partial charge on any atom is -0.336 e. The van der Waals surface area contributed by atoms with E-state index in [-0.39, 0.29) is 17.2 Å². The molecule has 0 spiro atoms. The number of hydrogen-bond donors (Lipinski definition) is 0. The smallest absolute Gasteiger partial charge is 0.275 e. The summed E-state index contributed by atoms with van der Waals surface area (Å²) in [5.74, 6) is -1.28. The topological polar surface area (TPSA) is 67.3 Å². The fourth-order valence-corrected chi connectivity index (χ4v) is 3.73. The molecule has 0 bridgehead atoms. The highest BCUT2D eigenvalue weighted by Crippen LogP contribution is 2.18. The van der Waals surface area contributed by atoms with Crippen molar-refractivity contribution >= 4 is 15.7 Å². The molecule has 1 aliphatic rings. The number of sulfone groups is 1. The summed E-state index contributed by atoms with van der Waals surface area (Å²) in [6.45, 7) is 0. The molecule has 1 unspecified atom stereocenters. The van der Waals surface area contributed by atoms with Crippen molar-refractivity contribution in [2.24, 2.45) is 0 Å². The molecular formula is C11H13FN2O3S. The lowest BCUT2D eigenvalue weighted by atomic mass is 10.2. The zero-order valence-electron chi connectivity index (χ0n) is 9.84. The largest absolute Gasteiger partial charge is 0.336 e. The molecule has 2 heterocycles. The third-order valence-electron chi connectivity index (χ3n) is 3.04. The molecule has 5 nitrogen and oxygen atoms in total. The highest BCUT2D eigenvalue weighted by atomic mass is 32.2. The fraction of sp³-hybridized carbons (Fsp3) is 0.455. The summed E-state index contributed by atoms with van der Waals surface area (Å²) in [5, 5.41) is 0. The summed E-state index contributed by atoms with van der Waals surface area (Å²) in [6.07, 6.45) is 1.72. The number of carbonyl (C=O) groups is 1. The molecule has 1 atom stereocenters. The predicted molar refractivity (Wildman–Crippen MR) is 63.3 cm³/mol. The average Bonchev–Trinajstić information content (AvgIpc) is 2.68. The van der Waals surface area contributed by atoms with E-state index in [1.54, 1.807) is 0 Å². The van der Waals surface area contributed by atoms with Gasteiger partial charge in [-0.3, -0.25) is 4.79 Å². The van der Waals surface area contributed by atoms with Gasteiger partial charge in [-0.2, -0.15) is 0 Å². The van der Waals surface area contributed by atoms with E-state index in [0.717, 1.165) is 6.07 Å². The lowest BCUT2D eigenvalue weighted by Crippen LogP contribution is -2.38. The molecule has 7 heteroatoms. The molecular weight excluding hydrogens is 259 g/mol. The van der Waals surface area contributed by atoms with Crippen LogP contribution in [0.1, 0.15) is 16.9 Å². The monoisotopic (exact) mass is 272 g/mol. The first-order chi connectivity index (χ1) is 8.41. The fourth-order valence-electron chi connectivity index (χ4n) is 1.96. The summed E-state index contributed by atoms with van der Waals surface area (Å²) in [6, 6.07) is 2.15. The minimum absolute atomic E-state index is 0.0658. The normalized spacial score (nSPS) is 21.8. The Morgan fingerprint density at radius 2 is 2.28 bits per heavy atom. The van der Waals surface area contributed by atoms with Crippen molar-refractivity contribution in [3.63, 3.8) is 0 Å². The van der Waals surface area contributed by atoms with Gasteiger partial charge in [0.2, 0.25) is 0 Å². The quantitative estimate of drug-likeness (QED) is 0.785. The third kappa shape index (κ3) is 2.50. The van der Waals surface area contributed by atoms with Crippen molar-refractivity contribution in [2.75, 3.05) is 18.6 Å². The van der Waals surface area contributed by atoms with Gasteiger partial charge >= 0.3 is 0 Å². The molecule has 1 aliphatic heterocycles. The van der Waals surface area contributed by atoms with Gasteiger partial charge in [-0.1, -0.05) is 0 Å². The highest BCUT2D eigenvalue weighted by molar-refractivity contribution is 7.91. The van der Waals surface area contributed by atoms with E-state index in [4.69, 9.17) is 0 Å². The molecule has 1 amide bonds. The first-order valence-corrected chi connectivity index (χ1v) is 7.31. The number of rotatable bonds is 2. The molecule has 0 aliphatic carbocycles. The molecule has 18 heavy (non-hydrogen) atoms.